The number of nitrogens with one attached hydrogen (secondary N) is 1. The second kappa shape index (κ2) is 8.48. The van der Waals surface area contributed by atoms with Crippen LogP contribution in [0.4, 0.5) is 4.39 Å². The molecule has 0 heterocycles. The highest BCUT2D eigenvalue weighted by molar-refractivity contribution is 8.00. The Hall–Kier alpha value is -0.620. The summed E-state index contributed by atoms with van der Waals surface area (Å²) in [5.41, 5.74) is 0.652. The molecule has 0 radical (unpaired) electrons. The van der Waals surface area contributed by atoms with Gasteiger partial charge in [0.15, 0.2) is 0 Å². The summed E-state index contributed by atoms with van der Waals surface area (Å²) in [4.78, 5) is 0.876. The number of halogens is 1. The first kappa shape index (κ1) is 15.4. The number of rotatable bonds is 8. The fourth-order valence-corrected chi connectivity index (χ4v) is 2.44. The molecule has 0 aliphatic rings. The van der Waals surface area contributed by atoms with Gasteiger partial charge in [0.2, 0.25) is 0 Å². The third-order valence-corrected chi connectivity index (χ3v) is 3.63. The Kier molecular flexibility index (Phi) is 7.27. The molecule has 1 atom stereocenters. The average molecular weight is 273 g/mol. The summed E-state index contributed by atoms with van der Waals surface area (Å²) in [7, 11) is 1.63. The first-order valence-electron chi connectivity index (χ1n) is 5.93. The summed E-state index contributed by atoms with van der Waals surface area (Å²) in [6, 6.07) is 5.04. The molecule has 0 aliphatic carbocycles. The van der Waals surface area contributed by atoms with E-state index >= 15 is 0 Å². The van der Waals surface area contributed by atoms with Crippen LogP contribution in [-0.4, -0.2) is 37.2 Å². The maximum absolute atomic E-state index is 13.8. The molecule has 102 valence electrons. The molecule has 18 heavy (non-hydrogen) atoms. The van der Waals surface area contributed by atoms with E-state index in [0.717, 1.165) is 4.90 Å². The van der Waals surface area contributed by atoms with Crippen molar-refractivity contribution in [2.24, 2.45) is 0 Å². The molecular formula is C13H20FNO2S. The molecule has 1 aromatic carbocycles. The number of hydrogen-bond acceptors (Lipinski definition) is 4. The number of aliphatic hydroxyl groups excluding tert-OH is 1. The van der Waals surface area contributed by atoms with E-state index in [1.807, 2.05) is 13.0 Å². The number of thioether (sulfide) groups is 1. The van der Waals surface area contributed by atoms with Crippen LogP contribution in [0.1, 0.15) is 12.5 Å². The number of ether oxygens (including phenoxy) is 1. The van der Waals surface area contributed by atoms with Gasteiger partial charge in [-0.1, -0.05) is 13.0 Å². The zero-order valence-corrected chi connectivity index (χ0v) is 11.6. The quantitative estimate of drug-likeness (QED) is 0.562. The molecule has 1 aromatic rings. The van der Waals surface area contributed by atoms with Gasteiger partial charge in [-0.15, -0.1) is 11.8 Å². The molecule has 1 unspecified atom stereocenters. The van der Waals surface area contributed by atoms with E-state index in [1.54, 1.807) is 13.2 Å². The summed E-state index contributed by atoms with van der Waals surface area (Å²) in [5, 5.41) is 12.2. The molecule has 0 aliphatic heterocycles. The van der Waals surface area contributed by atoms with Crippen LogP contribution in [0.3, 0.4) is 0 Å². The van der Waals surface area contributed by atoms with Crippen molar-refractivity contribution in [1.82, 2.24) is 5.32 Å². The lowest BCUT2D eigenvalue weighted by atomic mass is 10.2. The molecule has 0 saturated carbocycles. The van der Waals surface area contributed by atoms with Gasteiger partial charge < -0.3 is 15.2 Å². The van der Waals surface area contributed by atoms with Crippen LogP contribution >= 0.6 is 11.8 Å². The summed E-state index contributed by atoms with van der Waals surface area (Å²) < 4.78 is 18.7. The predicted molar refractivity (Wildman–Crippen MR) is 72.4 cm³/mol. The number of benzene rings is 1. The normalized spacial score (nSPS) is 12.7. The average Bonchev–Trinajstić information content (AvgIpc) is 2.37. The van der Waals surface area contributed by atoms with E-state index in [-0.39, 0.29) is 17.7 Å². The van der Waals surface area contributed by atoms with Gasteiger partial charge in [-0.05, 0) is 12.1 Å². The van der Waals surface area contributed by atoms with Crippen molar-refractivity contribution in [3.63, 3.8) is 0 Å². The monoisotopic (exact) mass is 273 g/mol. The van der Waals surface area contributed by atoms with Crippen LogP contribution in [0.15, 0.2) is 23.1 Å². The minimum absolute atomic E-state index is 0.0597. The SMILES string of the molecule is COCCNCc1c(F)cccc1SC(C)CO. The highest BCUT2D eigenvalue weighted by atomic mass is 32.2. The minimum Gasteiger partial charge on any atom is -0.395 e. The lowest BCUT2D eigenvalue weighted by molar-refractivity contribution is 0.199. The van der Waals surface area contributed by atoms with Crippen molar-refractivity contribution in [2.75, 3.05) is 26.9 Å². The fraction of sp³-hybridized carbons (Fsp3) is 0.538. The molecule has 1 rings (SSSR count). The van der Waals surface area contributed by atoms with E-state index in [0.29, 0.717) is 25.3 Å². The lowest BCUT2D eigenvalue weighted by Crippen LogP contribution is -2.20. The Morgan fingerprint density at radius 3 is 2.94 bits per heavy atom. The van der Waals surface area contributed by atoms with Crippen molar-refractivity contribution < 1.29 is 14.2 Å². The second-order valence-electron chi connectivity index (χ2n) is 4.00. The van der Waals surface area contributed by atoms with Gasteiger partial charge in [0, 0.05) is 35.9 Å². The van der Waals surface area contributed by atoms with Crippen LogP contribution in [0.25, 0.3) is 0 Å². The van der Waals surface area contributed by atoms with Crippen LogP contribution in [-0.2, 0) is 11.3 Å². The topological polar surface area (TPSA) is 41.5 Å². The van der Waals surface area contributed by atoms with Gasteiger partial charge in [-0.25, -0.2) is 4.39 Å². The summed E-state index contributed by atoms with van der Waals surface area (Å²) in [5.74, 6) is -0.213. The van der Waals surface area contributed by atoms with Crippen molar-refractivity contribution in [3.8, 4) is 0 Å². The standard InChI is InChI=1S/C13H20FNO2S/c1-10(9-16)18-13-5-3-4-12(14)11(13)8-15-6-7-17-2/h3-5,10,15-16H,6-9H2,1-2H3. The summed E-state index contributed by atoms with van der Waals surface area (Å²) in [6.45, 7) is 3.75. The summed E-state index contributed by atoms with van der Waals surface area (Å²) >= 11 is 1.49. The van der Waals surface area contributed by atoms with Crippen LogP contribution in [0.5, 0.6) is 0 Å². The highest BCUT2D eigenvalue weighted by Gasteiger charge is 2.11. The van der Waals surface area contributed by atoms with Gasteiger partial charge in [0.05, 0.1) is 13.2 Å². The molecule has 2 N–H and O–H groups in total. The molecule has 5 heteroatoms. The van der Waals surface area contributed by atoms with Crippen LogP contribution in [0.2, 0.25) is 0 Å². The van der Waals surface area contributed by atoms with Gasteiger partial charge in [0.1, 0.15) is 5.82 Å². The predicted octanol–water partition coefficient (Wildman–Crippen LogP) is 2.03. The number of methoxy groups -OCH3 is 1. The van der Waals surface area contributed by atoms with E-state index < -0.39 is 0 Å². The van der Waals surface area contributed by atoms with E-state index in [1.165, 1.54) is 17.8 Å². The van der Waals surface area contributed by atoms with Gasteiger partial charge >= 0.3 is 0 Å². The second-order valence-corrected chi connectivity index (χ2v) is 5.48. The van der Waals surface area contributed by atoms with Gasteiger partial charge in [-0.2, -0.15) is 0 Å². The minimum atomic E-state index is -0.213. The fourth-order valence-electron chi connectivity index (χ4n) is 1.46. The molecule has 3 nitrogen and oxygen atoms in total. The molecule has 0 fully saturated rings. The lowest BCUT2D eigenvalue weighted by Gasteiger charge is -2.14. The Morgan fingerprint density at radius 1 is 1.50 bits per heavy atom. The smallest absolute Gasteiger partial charge is 0.128 e. The van der Waals surface area contributed by atoms with Gasteiger partial charge in [-0.3, -0.25) is 0 Å². The largest absolute Gasteiger partial charge is 0.395 e. The first-order chi connectivity index (χ1) is 8.69. The van der Waals surface area contributed by atoms with Crippen molar-refractivity contribution in [3.05, 3.63) is 29.6 Å². The maximum atomic E-state index is 13.8. The Labute approximate surface area is 112 Å². The molecular weight excluding hydrogens is 253 g/mol. The first-order valence-corrected chi connectivity index (χ1v) is 6.81. The van der Waals surface area contributed by atoms with E-state index in [2.05, 4.69) is 5.32 Å². The third kappa shape index (κ3) is 4.94. The van der Waals surface area contributed by atoms with Crippen LogP contribution < -0.4 is 5.32 Å². The Morgan fingerprint density at radius 2 is 2.28 bits per heavy atom. The molecule has 0 aromatic heterocycles. The highest BCUT2D eigenvalue weighted by Crippen LogP contribution is 2.28. The van der Waals surface area contributed by atoms with Crippen molar-refractivity contribution in [1.29, 1.82) is 0 Å². The number of aliphatic hydroxyl groups is 1. The van der Waals surface area contributed by atoms with Gasteiger partial charge in [0.25, 0.3) is 0 Å². The summed E-state index contributed by atoms with van der Waals surface area (Å²) in [6.07, 6.45) is 0. The maximum Gasteiger partial charge on any atom is 0.128 e. The Balaban J connectivity index is 2.67. The third-order valence-electron chi connectivity index (χ3n) is 2.45. The molecule has 0 bridgehead atoms. The molecule has 0 spiro atoms. The molecule has 0 saturated heterocycles. The van der Waals surface area contributed by atoms with E-state index in [4.69, 9.17) is 9.84 Å². The van der Waals surface area contributed by atoms with E-state index in [9.17, 15) is 4.39 Å². The number of hydrogen-bond donors (Lipinski definition) is 2. The van der Waals surface area contributed by atoms with Crippen molar-refractivity contribution in [2.45, 2.75) is 23.6 Å². The molecule has 0 amide bonds. The zero-order valence-electron chi connectivity index (χ0n) is 10.8. The Bertz CT molecular complexity index is 363. The van der Waals surface area contributed by atoms with Crippen LogP contribution in [0, 0.1) is 5.82 Å². The zero-order chi connectivity index (χ0) is 13.4. The van der Waals surface area contributed by atoms with Crippen molar-refractivity contribution >= 4 is 11.8 Å².